The molecule has 0 aliphatic heterocycles. The van der Waals surface area contributed by atoms with E-state index in [9.17, 15) is 9.59 Å². The van der Waals surface area contributed by atoms with Crippen LogP contribution in [0.1, 0.15) is 42.5 Å². The Bertz CT molecular complexity index is 474. The first-order valence-corrected chi connectivity index (χ1v) is 6.30. The van der Waals surface area contributed by atoms with Gasteiger partial charge in [0.2, 0.25) is 0 Å². The van der Waals surface area contributed by atoms with Gasteiger partial charge in [-0.1, -0.05) is 6.92 Å². The van der Waals surface area contributed by atoms with E-state index in [-0.39, 0.29) is 12.5 Å². The Kier molecular flexibility index (Phi) is 5.41. The number of hydrogen-bond acceptors (Lipinski definition) is 5. The molecule has 6 nitrogen and oxygen atoms in total. The highest BCUT2D eigenvalue weighted by molar-refractivity contribution is 5.97. The van der Waals surface area contributed by atoms with E-state index in [0.29, 0.717) is 23.4 Å². The van der Waals surface area contributed by atoms with Gasteiger partial charge >= 0.3 is 5.97 Å². The van der Waals surface area contributed by atoms with Crippen LogP contribution >= 0.6 is 0 Å². The van der Waals surface area contributed by atoms with Crippen molar-refractivity contribution in [1.29, 1.82) is 0 Å². The van der Waals surface area contributed by atoms with Gasteiger partial charge in [-0.2, -0.15) is 10.2 Å². The molecular formula is C13H19N3O3. The summed E-state index contributed by atoms with van der Waals surface area (Å²) in [4.78, 5) is 23.6. The minimum Gasteiger partial charge on any atom is -0.464 e. The van der Waals surface area contributed by atoms with Crippen molar-refractivity contribution in [3.63, 3.8) is 0 Å². The molecule has 1 heterocycles. The summed E-state index contributed by atoms with van der Waals surface area (Å²) in [6.07, 6.45) is 0.601. The van der Waals surface area contributed by atoms with E-state index in [0.717, 1.165) is 0 Å². The largest absolute Gasteiger partial charge is 0.464 e. The predicted octanol–water partition coefficient (Wildman–Crippen LogP) is 1.03. The highest BCUT2D eigenvalue weighted by Crippen LogP contribution is 2.08. The molecule has 0 saturated carbocycles. The van der Waals surface area contributed by atoms with E-state index in [1.165, 1.54) is 0 Å². The Morgan fingerprint density at radius 3 is 2.63 bits per heavy atom. The van der Waals surface area contributed by atoms with E-state index in [1.54, 1.807) is 26.8 Å². The second-order valence-electron chi connectivity index (χ2n) is 4.15. The topological polar surface area (TPSA) is 81.2 Å². The molecule has 1 aromatic rings. The van der Waals surface area contributed by atoms with Gasteiger partial charge in [-0.3, -0.25) is 4.79 Å². The minimum atomic E-state index is -0.689. The van der Waals surface area contributed by atoms with Gasteiger partial charge in [0.25, 0.3) is 5.91 Å². The molecule has 0 aromatic carbocycles. The van der Waals surface area contributed by atoms with Gasteiger partial charge in [-0.25, -0.2) is 4.79 Å². The van der Waals surface area contributed by atoms with E-state index >= 15 is 0 Å². The van der Waals surface area contributed by atoms with E-state index < -0.39 is 12.0 Å². The Labute approximate surface area is 112 Å². The summed E-state index contributed by atoms with van der Waals surface area (Å²) in [5.74, 6) is -0.789. The fraction of sp³-hybridized carbons (Fsp3) is 0.538. The van der Waals surface area contributed by atoms with Crippen molar-refractivity contribution < 1.29 is 14.3 Å². The van der Waals surface area contributed by atoms with Crippen LogP contribution in [0.4, 0.5) is 0 Å². The van der Waals surface area contributed by atoms with E-state index in [4.69, 9.17) is 4.74 Å². The summed E-state index contributed by atoms with van der Waals surface area (Å²) in [5, 5.41) is 10.5. The number of ether oxygens (including phenoxy) is 1. The second-order valence-corrected chi connectivity index (χ2v) is 4.15. The third-order valence-electron chi connectivity index (χ3n) is 2.56. The Balaban J connectivity index is 2.83. The molecule has 0 saturated heterocycles. The van der Waals surface area contributed by atoms with Crippen molar-refractivity contribution in [2.24, 2.45) is 0 Å². The van der Waals surface area contributed by atoms with Gasteiger partial charge in [-0.15, -0.1) is 0 Å². The van der Waals surface area contributed by atoms with Gasteiger partial charge in [0.05, 0.1) is 23.6 Å². The van der Waals surface area contributed by atoms with Crippen molar-refractivity contribution in [1.82, 2.24) is 15.5 Å². The predicted molar refractivity (Wildman–Crippen MR) is 69.7 cm³/mol. The zero-order valence-electron chi connectivity index (χ0n) is 11.7. The molecule has 0 spiro atoms. The molecule has 1 rings (SSSR count). The number of esters is 1. The summed E-state index contributed by atoms with van der Waals surface area (Å²) in [6, 6.07) is 0.976. The van der Waals surface area contributed by atoms with Crippen molar-refractivity contribution in [2.45, 2.75) is 40.2 Å². The van der Waals surface area contributed by atoms with Crippen LogP contribution in [0, 0.1) is 6.92 Å². The number of carbonyl (C=O) groups is 2. The third kappa shape index (κ3) is 4.01. The molecule has 1 amide bonds. The summed E-state index contributed by atoms with van der Waals surface area (Å²) in [7, 11) is 0. The second kappa shape index (κ2) is 6.82. The van der Waals surface area contributed by atoms with Gasteiger partial charge in [0.15, 0.2) is 0 Å². The van der Waals surface area contributed by atoms with Crippen molar-refractivity contribution in [3.05, 3.63) is 23.0 Å². The van der Waals surface area contributed by atoms with Crippen LogP contribution in [-0.2, 0) is 16.0 Å². The smallest absolute Gasteiger partial charge is 0.328 e. The van der Waals surface area contributed by atoms with Crippen LogP contribution in [0.25, 0.3) is 0 Å². The molecule has 0 bridgehead atoms. The van der Waals surface area contributed by atoms with Gasteiger partial charge in [0.1, 0.15) is 6.04 Å². The van der Waals surface area contributed by atoms with Crippen LogP contribution in [0.3, 0.4) is 0 Å². The number of aromatic nitrogens is 2. The van der Waals surface area contributed by atoms with E-state index in [2.05, 4.69) is 15.5 Å². The van der Waals surface area contributed by atoms with Gasteiger partial charge in [-0.05, 0) is 33.3 Å². The standard InChI is InChI=1S/C13H19N3O3/c1-5-11-10(7-8(3)15-16-11)12(17)14-9(4)13(18)19-6-2/h7,9H,5-6H2,1-4H3,(H,14,17). The fourth-order valence-electron chi connectivity index (χ4n) is 1.57. The molecule has 0 aliphatic rings. The zero-order chi connectivity index (χ0) is 14.4. The number of nitrogens with one attached hydrogen (secondary N) is 1. The van der Waals surface area contributed by atoms with Gasteiger partial charge < -0.3 is 10.1 Å². The molecule has 1 unspecified atom stereocenters. The Morgan fingerprint density at radius 1 is 1.37 bits per heavy atom. The Hall–Kier alpha value is -1.98. The molecule has 6 heteroatoms. The lowest BCUT2D eigenvalue weighted by atomic mass is 10.1. The summed E-state index contributed by atoms with van der Waals surface area (Å²) in [6.45, 7) is 7.25. The molecule has 1 N–H and O–H groups in total. The quantitative estimate of drug-likeness (QED) is 0.804. The van der Waals surface area contributed by atoms with Crippen molar-refractivity contribution in [3.8, 4) is 0 Å². The average molecular weight is 265 g/mol. The highest BCUT2D eigenvalue weighted by atomic mass is 16.5. The number of aryl methyl sites for hydroxylation is 2. The number of carbonyl (C=O) groups excluding carboxylic acids is 2. The first-order valence-electron chi connectivity index (χ1n) is 6.30. The molecule has 0 fully saturated rings. The van der Waals surface area contributed by atoms with Crippen LogP contribution in [0.5, 0.6) is 0 Å². The Morgan fingerprint density at radius 2 is 2.05 bits per heavy atom. The lowest BCUT2D eigenvalue weighted by molar-refractivity contribution is -0.144. The molecule has 0 aliphatic carbocycles. The first kappa shape index (κ1) is 15.1. The van der Waals surface area contributed by atoms with Gasteiger partial charge in [0, 0.05) is 0 Å². The lowest BCUT2D eigenvalue weighted by Crippen LogP contribution is -2.40. The maximum atomic E-state index is 12.1. The maximum absolute atomic E-state index is 12.1. The highest BCUT2D eigenvalue weighted by Gasteiger charge is 2.19. The summed E-state index contributed by atoms with van der Waals surface area (Å²) >= 11 is 0. The molecular weight excluding hydrogens is 246 g/mol. The SMILES string of the molecule is CCOC(=O)C(C)NC(=O)c1cc(C)nnc1CC. The molecule has 19 heavy (non-hydrogen) atoms. The lowest BCUT2D eigenvalue weighted by Gasteiger charge is -2.13. The minimum absolute atomic E-state index is 0.287. The zero-order valence-corrected chi connectivity index (χ0v) is 11.7. The third-order valence-corrected chi connectivity index (χ3v) is 2.56. The number of amides is 1. The number of hydrogen-bond donors (Lipinski definition) is 1. The summed E-state index contributed by atoms with van der Waals surface area (Å²) in [5.41, 5.74) is 1.72. The van der Waals surface area contributed by atoms with Crippen LogP contribution in [0.2, 0.25) is 0 Å². The maximum Gasteiger partial charge on any atom is 0.328 e. The fourth-order valence-corrected chi connectivity index (χ4v) is 1.57. The first-order chi connectivity index (χ1) is 8.99. The molecule has 1 aromatic heterocycles. The van der Waals surface area contributed by atoms with Crippen LogP contribution in [0.15, 0.2) is 6.07 Å². The van der Waals surface area contributed by atoms with E-state index in [1.807, 2.05) is 6.92 Å². The number of rotatable bonds is 5. The number of nitrogens with zero attached hydrogens (tertiary/aromatic N) is 2. The molecule has 1 atom stereocenters. The monoisotopic (exact) mass is 265 g/mol. The molecule has 104 valence electrons. The van der Waals surface area contributed by atoms with Crippen LogP contribution in [-0.4, -0.2) is 34.7 Å². The van der Waals surface area contributed by atoms with Crippen LogP contribution < -0.4 is 5.32 Å². The van der Waals surface area contributed by atoms with Crippen molar-refractivity contribution >= 4 is 11.9 Å². The molecule has 0 radical (unpaired) electrons. The van der Waals surface area contributed by atoms with Crippen molar-refractivity contribution in [2.75, 3.05) is 6.61 Å². The average Bonchev–Trinajstić information content (AvgIpc) is 2.38. The normalized spacial score (nSPS) is 11.8. The summed E-state index contributed by atoms with van der Waals surface area (Å²) < 4.78 is 4.84.